The predicted octanol–water partition coefficient (Wildman–Crippen LogP) is 3.83. The van der Waals surface area contributed by atoms with Crippen LogP contribution in [-0.4, -0.2) is 38.0 Å². The van der Waals surface area contributed by atoms with Gasteiger partial charge in [-0.05, 0) is 73.2 Å². The molecule has 0 aromatic heterocycles. The van der Waals surface area contributed by atoms with Crippen LogP contribution in [-0.2, 0) is 0 Å². The summed E-state index contributed by atoms with van der Waals surface area (Å²) >= 11 is 0. The molecule has 30 heavy (non-hydrogen) atoms. The SMILES string of the molecule is CC(COc1ccc(C(=N)N)cc1)CC(C)COc1ccc(C2=NCCCN2)cc1. The van der Waals surface area contributed by atoms with Gasteiger partial charge >= 0.3 is 0 Å². The van der Waals surface area contributed by atoms with E-state index in [0.29, 0.717) is 30.6 Å². The first kappa shape index (κ1) is 21.7. The third kappa shape index (κ3) is 6.51. The van der Waals surface area contributed by atoms with Gasteiger partial charge in [0, 0.05) is 24.2 Å². The van der Waals surface area contributed by atoms with Gasteiger partial charge in [0.25, 0.3) is 0 Å². The van der Waals surface area contributed by atoms with Crippen molar-refractivity contribution in [2.75, 3.05) is 26.3 Å². The van der Waals surface area contributed by atoms with E-state index in [2.05, 4.69) is 36.3 Å². The third-order valence-corrected chi connectivity index (χ3v) is 5.06. The maximum absolute atomic E-state index is 7.43. The van der Waals surface area contributed by atoms with E-state index in [9.17, 15) is 0 Å². The zero-order valence-electron chi connectivity index (χ0n) is 17.9. The molecule has 3 rings (SSSR count). The van der Waals surface area contributed by atoms with Crippen LogP contribution in [0.4, 0.5) is 0 Å². The number of hydrogen-bond donors (Lipinski definition) is 3. The van der Waals surface area contributed by atoms with Crippen LogP contribution in [0.2, 0.25) is 0 Å². The highest BCUT2D eigenvalue weighted by Crippen LogP contribution is 2.19. The molecule has 0 bridgehead atoms. The van der Waals surface area contributed by atoms with Crippen molar-refractivity contribution < 1.29 is 9.47 Å². The summed E-state index contributed by atoms with van der Waals surface area (Å²) < 4.78 is 11.8. The molecule has 2 aromatic rings. The Morgan fingerprint density at radius 1 is 1.00 bits per heavy atom. The van der Waals surface area contributed by atoms with Gasteiger partial charge in [-0.1, -0.05) is 13.8 Å². The molecular formula is C24H32N4O2. The minimum Gasteiger partial charge on any atom is -0.493 e. The van der Waals surface area contributed by atoms with Crippen LogP contribution >= 0.6 is 0 Å². The number of rotatable bonds is 10. The fourth-order valence-corrected chi connectivity index (χ4v) is 3.47. The topological polar surface area (TPSA) is 92.7 Å². The Morgan fingerprint density at radius 2 is 1.57 bits per heavy atom. The van der Waals surface area contributed by atoms with Gasteiger partial charge in [0.05, 0.1) is 13.2 Å². The smallest absolute Gasteiger partial charge is 0.128 e. The largest absolute Gasteiger partial charge is 0.493 e. The van der Waals surface area contributed by atoms with E-state index in [1.165, 1.54) is 0 Å². The average Bonchev–Trinajstić information content (AvgIpc) is 2.77. The summed E-state index contributed by atoms with van der Waals surface area (Å²) in [5, 5.41) is 10.8. The van der Waals surface area contributed by atoms with E-state index in [1.807, 2.05) is 24.3 Å². The minimum atomic E-state index is 0.0674. The number of ether oxygens (including phenoxy) is 2. The van der Waals surface area contributed by atoms with Crippen LogP contribution in [0.5, 0.6) is 11.5 Å². The van der Waals surface area contributed by atoms with E-state index in [0.717, 1.165) is 48.8 Å². The van der Waals surface area contributed by atoms with Crippen molar-refractivity contribution in [2.45, 2.75) is 26.7 Å². The summed E-state index contributed by atoms with van der Waals surface area (Å²) in [5.41, 5.74) is 7.29. The monoisotopic (exact) mass is 408 g/mol. The maximum Gasteiger partial charge on any atom is 0.128 e. The standard InChI is InChI=1S/C24H32N4O2/c1-17(15-29-21-8-4-19(5-9-21)23(25)26)14-18(2)16-30-22-10-6-20(7-11-22)24-27-12-3-13-28-24/h4-11,17-18H,3,12-16H2,1-2H3,(H3,25,26)(H,27,28). The minimum absolute atomic E-state index is 0.0674. The highest BCUT2D eigenvalue weighted by atomic mass is 16.5. The number of amidine groups is 2. The second-order valence-corrected chi connectivity index (χ2v) is 8.04. The van der Waals surface area contributed by atoms with Crippen molar-refractivity contribution in [3.8, 4) is 11.5 Å². The lowest BCUT2D eigenvalue weighted by Crippen LogP contribution is -2.30. The van der Waals surface area contributed by atoms with Gasteiger partial charge in [-0.2, -0.15) is 0 Å². The summed E-state index contributed by atoms with van der Waals surface area (Å²) in [6.45, 7) is 7.59. The second kappa shape index (κ2) is 10.7. The van der Waals surface area contributed by atoms with Gasteiger partial charge in [-0.15, -0.1) is 0 Å². The number of nitrogen functional groups attached to an aromatic ring is 1. The van der Waals surface area contributed by atoms with Gasteiger partial charge < -0.3 is 20.5 Å². The zero-order valence-corrected chi connectivity index (χ0v) is 17.9. The van der Waals surface area contributed by atoms with Crippen LogP contribution < -0.4 is 20.5 Å². The highest BCUT2D eigenvalue weighted by molar-refractivity contribution is 5.99. The first-order valence-corrected chi connectivity index (χ1v) is 10.6. The van der Waals surface area contributed by atoms with Gasteiger partial charge in [0.1, 0.15) is 23.2 Å². The third-order valence-electron chi connectivity index (χ3n) is 5.06. The van der Waals surface area contributed by atoms with Crippen molar-refractivity contribution in [1.82, 2.24) is 5.32 Å². The van der Waals surface area contributed by atoms with Gasteiger partial charge in [0.2, 0.25) is 0 Å². The van der Waals surface area contributed by atoms with Gasteiger partial charge in [0.15, 0.2) is 0 Å². The lowest BCUT2D eigenvalue weighted by molar-refractivity contribution is 0.198. The molecule has 0 saturated heterocycles. The first-order chi connectivity index (χ1) is 14.5. The molecule has 160 valence electrons. The second-order valence-electron chi connectivity index (χ2n) is 8.04. The summed E-state index contributed by atoms with van der Waals surface area (Å²) in [7, 11) is 0. The fraction of sp³-hybridized carbons (Fsp3) is 0.417. The molecule has 2 unspecified atom stereocenters. The molecule has 0 saturated carbocycles. The lowest BCUT2D eigenvalue weighted by Gasteiger charge is -2.19. The van der Waals surface area contributed by atoms with Gasteiger partial charge in [-0.3, -0.25) is 10.4 Å². The first-order valence-electron chi connectivity index (χ1n) is 10.6. The van der Waals surface area contributed by atoms with Crippen LogP contribution in [0, 0.1) is 17.2 Å². The van der Waals surface area contributed by atoms with E-state index in [1.54, 1.807) is 12.1 Å². The highest BCUT2D eigenvalue weighted by Gasteiger charge is 2.12. The Labute approximate surface area is 179 Å². The molecule has 0 amide bonds. The molecular weight excluding hydrogens is 376 g/mol. The fourth-order valence-electron chi connectivity index (χ4n) is 3.47. The van der Waals surface area contributed by atoms with Crippen molar-refractivity contribution in [2.24, 2.45) is 22.6 Å². The quantitative estimate of drug-likeness (QED) is 0.411. The van der Waals surface area contributed by atoms with Crippen LogP contribution in [0.3, 0.4) is 0 Å². The molecule has 2 aromatic carbocycles. The summed E-state index contributed by atoms with van der Waals surface area (Å²) in [4.78, 5) is 4.53. The molecule has 6 heteroatoms. The number of nitrogens with zero attached hydrogens (tertiary/aromatic N) is 1. The number of nitrogens with one attached hydrogen (secondary N) is 2. The molecule has 1 aliphatic heterocycles. The Balaban J connectivity index is 1.38. The van der Waals surface area contributed by atoms with E-state index in [-0.39, 0.29) is 5.84 Å². The normalized spacial score (nSPS) is 15.5. The molecule has 0 aliphatic carbocycles. The average molecular weight is 409 g/mol. The number of hydrogen-bond acceptors (Lipinski definition) is 5. The predicted molar refractivity (Wildman–Crippen MR) is 122 cm³/mol. The van der Waals surface area contributed by atoms with Crippen molar-refractivity contribution in [3.05, 3.63) is 59.7 Å². The molecule has 6 nitrogen and oxygen atoms in total. The lowest BCUT2D eigenvalue weighted by atomic mass is 9.99. The van der Waals surface area contributed by atoms with E-state index >= 15 is 0 Å². The molecule has 0 radical (unpaired) electrons. The van der Waals surface area contributed by atoms with E-state index in [4.69, 9.17) is 20.6 Å². The van der Waals surface area contributed by atoms with Crippen molar-refractivity contribution in [1.29, 1.82) is 5.41 Å². The van der Waals surface area contributed by atoms with Crippen LogP contribution in [0.15, 0.2) is 53.5 Å². The zero-order chi connectivity index (χ0) is 21.3. The Hall–Kier alpha value is -3.02. The number of benzene rings is 2. The summed E-state index contributed by atoms with van der Waals surface area (Å²) in [5.74, 6) is 3.56. The number of aliphatic imine (C=N–C) groups is 1. The Bertz CT molecular complexity index is 847. The van der Waals surface area contributed by atoms with Crippen molar-refractivity contribution in [3.63, 3.8) is 0 Å². The Morgan fingerprint density at radius 3 is 2.07 bits per heavy atom. The van der Waals surface area contributed by atoms with Crippen LogP contribution in [0.1, 0.15) is 37.8 Å². The summed E-state index contributed by atoms with van der Waals surface area (Å²) in [6.07, 6.45) is 2.11. The molecule has 2 atom stereocenters. The molecule has 0 spiro atoms. The van der Waals surface area contributed by atoms with Gasteiger partial charge in [-0.25, -0.2) is 0 Å². The maximum atomic E-state index is 7.43. The molecule has 1 heterocycles. The van der Waals surface area contributed by atoms with Crippen molar-refractivity contribution >= 4 is 11.7 Å². The molecule has 1 aliphatic rings. The molecule has 0 fully saturated rings. The van der Waals surface area contributed by atoms with Crippen LogP contribution in [0.25, 0.3) is 0 Å². The van der Waals surface area contributed by atoms with E-state index < -0.39 is 0 Å². The Kier molecular flexibility index (Phi) is 7.71. The molecule has 4 N–H and O–H groups in total. The summed E-state index contributed by atoms with van der Waals surface area (Å²) in [6, 6.07) is 15.5. The number of nitrogens with two attached hydrogens (primary N) is 1.